The van der Waals surface area contributed by atoms with Gasteiger partial charge in [-0.3, -0.25) is 9.59 Å². The lowest BCUT2D eigenvalue weighted by molar-refractivity contribution is -0.251. The Morgan fingerprint density at radius 2 is 1.79 bits per heavy atom. The zero-order chi connectivity index (χ0) is 33.3. The van der Waals surface area contributed by atoms with Crippen LogP contribution in [0.5, 0.6) is 0 Å². The molecule has 11 atom stereocenters. The van der Waals surface area contributed by atoms with Crippen molar-refractivity contribution in [2.75, 3.05) is 13.7 Å². The van der Waals surface area contributed by atoms with Gasteiger partial charge in [-0.2, -0.15) is 0 Å². The molecule has 3 aliphatic carbocycles. The van der Waals surface area contributed by atoms with Gasteiger partial charge in [0.05, 0.1) is 44.6 Å². The van der Waals surface area contributed by atoms with Crippen LogP contribution in [-0.4, -0.2) is 62.1 Å². The highest BCUT2D eigenvalue weighted by Gasteiger charge is 2.78. The average Bonchev–Trinajstić information content (AvgIpc) is 3.82. The summed E-state index contributed by atoms with van der Waals surface area (Å²) in [5.74, 6) is -1.70. The van der Waals surface area contributed by atoms with E-state index in [9.17, 15) is 14.4 Å². The van der Waals surface area contributed by atoms with Crippen LogP contribution in [0.3, 0.4) is 0 Å². The van der Waals surface area contributed by atoms with Crippen molar-refractivity contribution in [3.05, 3.63) is 77.3 Å². The third-order valence-corrected chi connectivity index (χ3v) is 12.5. The van der Waals surface area contributed by atoms with Gasteiger partial charge in [-0.15, -0.1) is 0 Å². The highest BCUT2D eigenvalue weighted by atomic mass is 16.6. The summed E-state index contributed by atoms with van der Waals surface area (Å²) in [6.45, 7) is 10.4. The fraction of sp³-hybridized carbons (Fsp3) is 0.553. The number of allylic oxidation sites excluding steroid dienone is 1. The molecule has 2 saturated carbocycles. The summed E-state index contributed by atoms with van der Waals surface area (Å²) in [5, 5.41) is 0. The van der Waals surface area contributed by atoms with Crippen LogP contribution in [0.2, 0.25) is 0 Å². The van der Waals surface area contributed by atoms with Crippen molar-refractivity contribution >= 4 is 24.0 Å². The van der Waals surface area contributed by atoms with Crippen molar-refractivity contribution in [1.82, 2.24) is 0 Å². The van der Waals surface area contributed by atoms with Crippen LogP contribution in [0.25, 0.3) is 6.08 Å². The molecule has 2 saturated heterocycles. The van der Waals surface area contributed by atoms with E-state index in [1.165, 1.54) is 31.3 Å². The Bertz CT molecular complexity index is 1610. The largest absolute Gasteiger partial charge is 0.472 e. The Morgan fingerprint density at radius 1 is 1.02 bits per heavy atom. The van der Waals surface area contributed by atoms with Crippen molar-refractivity contribution in [2.24, 2.45) is 28.1 Å². The smallest absolute Gasteiger partial charge is 0.331 e. The number of fused-ring (bicyclic) bond motifs is 4. The molecule has 1 aromatic carbocycles. The fourth-order valence-electron chi connectivity index (χ4n) is 10.6. The number of methoxy groups -OCH3 is 1. The van der Waals surface area contributed by atoms with Gasteiger partial charge in [0.2, 0.25) is 0 Å². The molecular formula is C38H44O9. The van der Waals surface area contributed by atoms with Crippen molar-refractivity contribution in [3.8, 4) is 0 Å². The summed E-state index contributed by atoms with van der Waals surface area (Å²) < 4.78 is 37.0. The summed E-state index contributed by atoms with van der Waals surface area (Å²) in [5.41, 5.74) is 2.36. The van der Waals surface area contributed by atoms with Gasteiger partial charge >= 0.3 is 17.9 Å². The van der Waals surface area contributed by atoms with Crippen LogP contribution in [0.4, 0.5) is 0 Å². The number of furan rings is 1. The molecule has 9 nitrogen and oxygen atoms in total. The minimum absolute atomic E-state index is 0.106. The van der Waals surface area contributed by atoms with Crippen molar-refractivity contribution in [1.29, 1.82) is 0 Å². The van der Waals surface area contributed by atoms with Crippen LogP contribution in [0.1, 0.15) is 70.9 Å². The Hall–Kier alpha value is -3.69. The Morgan fingerprint density at radius 3 is 2.47 bits per heavy atom. The predicted molar refractivity (Wildman–Crippen MR) is 171 cm³/mol. The summed E-state index contributed by atoms with van der Waals surface area (Å²) in [6.07, 6.45) is 5.65. The second-order valence-electron chi connectivity index (χ2n) is 14.7. The van der Waals surface area contributed by atoms with Crippen LogP contribution < -0.4 is 0 Å². The summed E-state index contributed by atoms with van der Waals surface area (Å²) in [4.78, 5) is 39.5. The number of carbonyl (C=O) groups is 3. The second kappa shape index (κ2) is 11.5. The van der Waals surface area contributed by atoms with Crippen molar-refractivity contribution in [3.63, 3.8) is 0 Å². The second-order valence-corrected chi connectivity index (χ2v) is 14.7. The van der Waals surface area contributed by atoms with Crippen molar-refractivity contribution < 1.29 is 42.5 Å². The van der Waals surface area contributed by atoms with E-state index in [0.29, 0.717) is 6.61 Å². The summed E-state index contributed by atoms with van der Waals surface area (Å²) in [6, 6.07) is 11.5. The van der Waals surface area contributed by atoms with Gasteiger partial charge in [-0.25, -0.2) is 4.79 Å². The molecule has 0 spiro atoms. The number of rotatable bonds is 7. The first kappa shape index (κ1) is 31.9. The molecule has 3 heterocycles. The summed E-state index contributed by atoms with van der Waals surface area (Å²) >= 11 is 0. The van der Waals surface area contributed by atoms with Crippen LogP contribution in [-0.2, 0) is 38.1 Å². The average molecular weight is 645 g/mol. The highest BCUT2D eigenvalue weighted by Crippen LogP contribution is 2.74. The van der Waals surface area contributed by atoms with E-state index < -0.39 is 40.4 Å². The number of carbonyl (C=O) groups excluding carboxylic acids is 3. The van der Waals surface area contributed by atoms with Gasteiger partial charge in [0, 0.05) is 53.9 Å². The van der Waals surface area contributed by atoms with Crippen molar-refractivity contribution in [2.45, 2.75) is 90.3 Å². The van der Waals surface area contributed by atoms with E-state index in [1.54, 1.807) is 18.6 Å². The molecule has 0 bridgehead atoms. The molecule has 0 amide bonds. The Balaban J connectivity index is 1.36. The van der Waals surface area contributed by atoms with Crippen LogP contribution >= 0.6 is 0 Å². The zero-order valence-electron chi connectivity index (χ0n) is 27.9. The first-order valence-corrected chi connectivity index (χ1v) is 16.6. The quantitative estimate of drug-likeness (QED) is 0.154. The lowest BCUT2D eigenvalue weighted by atomic mass is 9.40. The molecule has 4 fully saturated rings. The molecule has 7 rings (SSSR count). The van der Waals surface area contributed by atoms with Gasteiger partial charge in [-0.05, 0) is 48.1 Å². The molecule has 2 aliphatic heterocycles. The van der Waals surface area contributed by atoms with E-state index in [-0.39, 0.29) is 54.9 Å². The molecular weight excluding hydrogens is 600 g/mol. The maximum atomic E-state index is 13.6. The molecule has 6 unspecified atom stereocenters. The lowest BCUT2D eigenvalue weighted by Gasteiger charge is -2.65. The Labute approximate surface area is 275 Å². The molecule has 1 aromatic heterocycles. The minimum atomic E-state index is -0.776. The number of ether oxygens (including phenoxy) is 5. The van der Waals surface area contributed by atoms with Gasteiger partial charge in [0.1, 0.15) is 12.2 Å². The van der Waals surface area contributed by atoms with Gasteiger partial charge in [-0.1, -0.05) is 56.7 Å². The third kappa shape index (κ3) is 4.75. The molecule has 0 radical (unpaired) electrons. The molecule has 47 heavy (non-hydrogen) atoms. The molecule has 250 valence electrons. The number of hydrogen-bond acceptors (Lipinski definition) is 9. The van der Waals surface area contributed by atoms with Crippen LogP contribution in [0.15, 0.2) is 70.6 Å². The van der Waals surface area contributed by atoms with Gasteiger partial charge in [0.15, 0.2) is 0 Å². The standard InChI is InChI=1S/C38H44O9/c1-21-25(24-14-15-43-19-24)16-26-32(21)38(5)27(17-31(41)42-6)37(4)29(47-30(40)13-12-23-10-8-7-9-11-23)18-28(45-22(2)39)36(3)20-44-33(34(36)37)35(38)46-26/h7-15,19,25-29,33-35H,16-18,20H2,1-6H3/t25?,26?,27-,28?,29?,33?,34-,35?,36+,37-,38+/m0/s1. The van der Waals surface area contributed by atoms with E-state index in [0.717, 1.165) is 17.5 Å². The van der Waals surface area contributed by atoms with E-state index in [4.69, 9.17) is 28.1 Å². The molecule has 2 aromatic rings. The maximum Gasteiger partial charge on any atom is 0.331 e. The first-order valence-electron chi connectivity index (χ1n) is 16.6. The topological polar surface area (TPSA) is 111 Å². The number of hydrogen-bond donors (Lipinski definition) is 0. The summed E-state index contributed by atoms with van der Waals surface area (Å²) in [7, 11) is 1.41. The predicted octanol–water partition coefficient (Wildman–Crippen LogP) is 6.04. The van der Waals surface area contributed by atoms with Gasteiger partial charge in [0.25, 0.3) is 0 Å². The lowest BCUT2D eigenvalue weighted by Crippen LogP contribution is -2.71. The first-order chi connectivity index (χ1) is 22.4. The minimum Gasteiger partial charge on any atom is -0.472 e. The number of benzene rings is 1. The number of esters is 3. The molecule has 0 N–H and O–H groups in total. The SMILES string of the molecule is COC(=O)C[C@H]1[C@@]2(C)C(OC(=O)C=Cc3ccccc3)CC(OC(C)=O)[C@@]3(C)COC(C4OC5CC(c6ccoc6)C(C)=C5[C@]41C)[C@H]23. The zero-order valence-corrected chi connectivity index (χ0v) is 27.9. The fourth-order valence-corrected chi connectivity index (χ4v) is 10.6. The highest BCUT2D eigenvalue weighted by molar-refractivity contribution is 5.87. The Kier molecular flexibility index (Phi) is 7.79. The monoisotopic (exact) mass is 644 g/mol. The van der Waals surface area contributed by atoms with E-state index in [2.05, 4.69) is 27.7 Å². The molecule has 9 heteroatoms. The van der Waals surface area contributed by atoms with Gasteiger partial charge < -0.3 is 28.1 Å². The normalized spacial score (nSPS) is 40.1. The van der Waals surface area contributed by atoms with E-state index >= 15 is 0 Å². The third-order valence-electron chi connectivity index (χ3n) is 12.5. The molecule has 5 aliphatic rings. The maximum absolute atomic E-state index is 13.6. The van der Waals surface area contributed by atoms with E-state index in [1.807, 2.05) is 36.4 Å². The van der Waals surface area contributed by atoms with Crippen LogP contribution in [0, 0.1) is 28.1 Å².